The van der Waals surface area contributed by atoms with Gasteiger partial charge in [0.1, 0.15) is 6.54 Å². The van der Waals surface area contributed by atoms with E-state index in [9.17, 15) is 14.4 Å². The number of anilines is 1. The highest BCUT2D eigenvalue weighted by Gasteiger charge is 2.16. The molecule has 1 N–H and O–H groups in total. The molecule has 0 unspecified atom stereocenters. The number of carbonyl (C=O) groups is 2. The molecule has 0 aliphatic rings. The van der Waals surface area contributed by atoms with E-state index < -0.39 is 5.91 Å². The fourth-order valence-corrected chi connectivity index (χ4v) is 2.67. The summed E-state index contributed by atoms with van der Waals surface area (Å²) >= 11 is 6.03. The van der Waals surface area contributed by atoms with Crippen molar-refractivity contribution in [2.24, 2.45) is 0 Å². The zero-order valence-corrected chi connectivity index (χ0v) is 14.4. The van der Waals surface area contributed by atoms with Gasteiger partial charge in [-0.2, -0.15) is 0 Å². The number of pyridine rings is 1. The van der Waals surface area contributed by atoms with E-state index in [0.717, 1.165) is 0 Å². The number of carbonyl (C=O) groups excluding carboxylic acids is 2. The summed E-state index contributed by atoms with van der Waals surface area (Å²) < 4.78 is 1.28. The number of rotatable bonds is 5. The van der Waals surface area contributed by atoms with E-state index in [2.05, 4.69) is 5.32 Å². The van der Waals surface area contributed by atoms with Crippen LogP contribution in [0.5, 0.6) is 0 Å². The number of ketones is 1. The first-order valence-corrected chi connectivity index (χ1v) is 8.27. The summed E-state index contributed by atoms with van der Waals surface area (Å²) in [6.45, 7) is -0.152. The van der Waals surface area contributed by atoms with E-state index in [1.165, 1.54) is 22.9 Å². The number of nitrogens with one attached hydrogen (secondary N) is 1. The zero-order valence-electron chi connectivity index (χ0n) is 13.7. The summed E-state index contributed by atoms with van der Waals surface area (Å²) in [6.07, 6.45) is 1.53. The summed E-state index contributed by atoms with van der Waals surface area (Å²) in [5.41, 5.74) is 0.846. The lowest BCUT2D eigenvalue weighted by Gasteiger charge is -2.12. The number of halogens is 1. The van der Waals surface area contributed by atoms with Crippen molar-refractivity contribution in [3.05, 3.63) is 99.4 Å². The largest absolute Gasteiger partial charge is 0.324 e. The molecule has 130 valence electrons. The lowest BCUT2D eigenvalue weighted by molar-refractivity contribution is -0.116. The summed E-state index contributed by atoms with van der Waals surface area (Å²) in [7, 11) is 0. The van der Waals surface area contributed by atoms with Gasteiger partial charge in [0.15, 0.2) is 5.78 Å². The van der Waals surface area contributed by atoms with Gasteiger partial charge in [-0.05, 0) is 24.3 Å². The van der Waals surface area contributed by atoms with Crippen molar-refractivity contribution >= 4 is 29.0 Å². The van der Waals surface area contributed by atoms with Crippen molar-refractivity contribution in [1.29, 1.82) is 0 Å². The SMILES string of the molecule is O=C(Cn1ccccc1=O)Nc1ccc(Cl)cc1C(=O)c1ccccc1. The van der Waals surface area contributed by atoms with E-state index in [0.29, 0.717) is 16.3 Å². The van der Waals surface area contributed by atoms with Crippen LogP contribution in [-0.4, -0.2) is 16.3 Å². The third kappa shape index (κ3) is 4.07. The molecular weight excluding hydrogens is 352 g/mol. The molecule has 0 radical (unpaired) electrons. The predicted octanol–water partition coefficient (Wildman–Crippen LogP) is 3.37. The second kappa shape index (κ2) is 7.80. The van der Waals surface area contributed by atoms with Gasteiger partial charge >= 0.3 is 0 Å². The molecule has 0 spiro atoms. The first kappa shape index (κ1) is 17.6. The minimum Gasteiger partial charge on any atom is -0.324 e. The molecule has 0 bridgehead atoms. The lowest BCUT2D eigenvalue weighted by Crippen LogP contribution is -2.27. The Labute approximate surface area is 154 Å². The van der Waals surface area contributed by atoms with Gasteiger partial charge in [-0.15, -0.1) is 0 Å². The minimum absolute atomic E-state index is 0.152. The van der Waals surface area contributed by atoms with E-state index in [-0.39, 0.29) is 23.5 Å². The molecule has 0 aliphatic carbocycles. The molecule has 0 aliphatic heterocycles. The topological polar surface area (TPSA) is 68.2 Å². The van der Waals surface area contributed by atoms with E-state index >= 15 is 0 Å². The third-order valence-electron chi connectivity index (χ3n) is 3.75. The molecule has 1 amide bonds. The summed E-state index contributed by atoms with van der Waals surface area (Å²) in [5, 5.41) is 3.08. The van der Waals surface area contributed by atoms with Crippen molar-refractivity contribution < 1.29 is 9.59 Å². The smallest absolute Gasteiger partial charge is 0.250 e. The maximum absolute atomic E-state index is 12.7. The second-order valence-electron chi connectivity index (χ2n) is 5.60. The number of aromatic nitrogens is 1. The molecule has 1 aromatic heterocycles. The molecule has 5 nitrogen and oxygen atoms in total. The molecule has 0 fully saturated rings. The van der Waals surface area contributed by atoms with Crippen molar-refractivity contribution in [1.82, 2.24) is 4.57 Å². The number of amides is 1. The quantitative estimate of drug-likeness (QED) is 0.704. The van der Waals surface area contributed by atoms with Crippen LogP contribution in [0.3, 0.4) is 0 Å². The molecule has 0 saturated heterocycles. The normalized spacial score (nSPS) is 10.3. The molecule has 1 heterocycles. The Kier molecular flexibility index (Phi) is 5.29. The molecule has 0 atom stereocenters. The summed E-state index contributed by atoms with van der Waals surface area (Å²) in [4.78, 5) is 36.8. The fraction of sp³-hybridized carbons (Fsp3) is 0.0500. The van der Waals surface area contributed by atoms with Crippen molar-refractivity contribution in [2.45, 2.75) is 6.54 Å². The van der Waals surface area contributed by atoms with Gasteiger partial charge in [-0.3, -0.25) is 14.4 Å². The molecular formula is C20H15ClN2O3. The Morgan fingerprint density at radius 1 is 0.962 bits per heavy atom. The minimum atomic E-state index is -0.414. The van der Waals surface area contributed by atoms with Crippen LogP contribution in [0.2, 0.25) is 5.02 Å². The number of nitrogens with zero attached hydrogens (tertiary/aromatic N) is 1. The van der Waals surface area contributed by atoms with Gasteiger partial charge in [-0.25, -0.2) is 0 Å². The highest BCUT2D eigenvalue weighted by molar-refractivity contribution is 6.31. The Morgan fingerprint density at radius 3 is 2.42 bits per heavy atom. The maximum Gasteiger partial charge on any atom is 0.250 e. The number of hydrogen-bond donors (Lipinski definition) is 1. The van der Waals surface area contributed by atoms with Gasteiger partial charge in [0.05, 0.1) is 5.69 Å². The standard InChI is InChI=1S/C20H15ClN2O3/c21-15-9-10-17(16(12-15)20(26)14-6-2-1-3-7-14)22-18(24)13-23-11-5-4-8-19(23)25/h1-12H,13H2,(H,22,24). The average Bonchev–Trinajstić information content (AvgIpc) is 2.65. The van der Waals surface area contributed by atoms with Gasteiger partial charge in [0.2, 0.25) is 5.91 Å². The monoisotopic (exact) mass is 366 g/mol. The molecule has 6 heteroatoms. The second-order valence-corrected chi connectivity index (χ2v) is 6.04. The van der Waals surface area contributed by atoms with E-state index in [1.807, 2.05) is 6.07 Å². The van der Waals surface area contributed by atoms with Crippen molar-refractivity contribution in [3.63, 3.8) is 0 Å². The molecule has 0 saturated carbocycles. The molecule has 26 heavy (non-hydrogen) atoms. The first-order chi connectivity index (χ1) is 12.5. The van der Waals surface area contributed by atoms with Crippen LogP contribution in [0.4, 0.5) is 5.69 Å². The van der Waals surface area contributed by atoms with Crippen LogP contribution in [0.15, 0.2) is 77.7 Å². The van der Waals surface area contributed by atoms with Gasteiger partial charge < -0.3 is 9.88 Å². The predicted molar refractivity (Wildman–Crippen MR) is 101 cm³/mol. The van der Waals surface area contributed by atoms with Gasteiger partial charge in [0, 0.05) is 28.4 Å². The Balaban J connectivity index is 1.86. The van der Waals surface area contributed by atoms with Crippen molar-refractivity contribution in [3.8, 4) is 0 Å². The highest BCUT2D eigenvalue weighted by Crippen LogP contribution is 2.23. The van der Waals surface area contributed by atoms with Crippen LogP contribution < -0.4 is 10.9 Å². The average molecular weight is 367 g/mol. The molecule has 3 rings (SSSR count). The number of benzene rings is 2. The molecule has 3 aromatic rings. The van der Waals surface area contributed by atoms with Crippen LogP contribution in [0.25, 0.3) is 0 Å². The van der Waals surface area contributed by atoms with Crippen molar-refractivity contribution in [2.75, 3.05) is 5.32 Å². The van der Waals surface area contributed by atoms with Gasteiger partial charge in [-0.1, -0.05) is 48.0 Å². The summed E-state index contributed by atoms with van der Waals surface area (Å²) in [5.74, 6) is -0.664. The van der Waals surface area contributed by atoms with Crippen LogP contribution in [0, 0.1) is 0 Å². The number of hydrogen-bond acceptors (Lipinski definition) is 3. The molecule has 2 aromatic carbocycles. The Morgan fingerprint density at radius 2 is 1.69 bits per heavy atom. The van der Waals surface area contributed by atoms with Crippen LogP contribution in [0.1, 0.15) is 15.9 Å². The fourth-order valence-electron chi connectivity index (χ4n) is 2.49. The van der Waals surface area contributed by atoms with E-state index in [1.54, 1.807) is 48.5 Å². The summed E-state index contributed by atoms with van der Waals surface area (Å²) in [6, 6.07) is 18.0. The Hall–Kier alpha value is -3.18. The van der Waals surface area contributed by atoms with E-state index in [4.69, 9.17) is 11.6 Å². The van der Waals surface area contributed by atoms with Crippen LogP contribution >= 0.6 is 11.6 Å². The maximum atomic E-state index is 12.7. The lowest BCUT2D eigenvalue weighted by atomic mass is 10.0. The third-order valence-corrected chi connectivity index (χ3v) is 3.98. The highest BCUT2D eigenvalue weighted by atomic mass is 35.5. The zero-order chi connectivity index (χ0) is 18.5. The Bertz CT molecular complexity index is 1010. The first-order valence-electron chi connectivity index (χ1n) is 7.89. The van der Waals surface area contributed by atoms with Gasteiger partial charge in [0.25, 0.3) is 5.56 Å². The van der Waals surface area contributed by atoms with Crippen LogP contribution in [-0.2, 0) is 11.3 Å².